The van der Waals surface area contributed by atoms with E-state index in [0.717, 1.165) is 49.6 Å². The number of hydrogen-bond donors (Lipinski definition) is 1. The Bertz CT molecular complexity index is 599. The van der Waals surface area contributed by atoms with Crippen LogP contribution in [0.1, 0.15) is 56.8 Å². The molecule has 0 aliphatic heterocycles. The normalized spacial score (nSPS) is 14.8. The molecule has 1 saturated carbocycles. The number of rotatable bonds is 8. The van der Waals surface area contributed by atoms with Gasteiger partial charge in [0.05, 0.1) is 13.2 Å². The lowest BCUT2D eigenvalue weighted by Crippen LogP contribution is -2.14. The zero-order valence-corrected chi connectivity index (χ0v) is 13.1. The summed E-state index contributed by atoms with van der Waals surface area (Å²) in [7, 11) is 0. The largest absolute Gasteiger partial charge is 0.490 e. The summed E-state index contributed by atoms with van der Waals surface area (Å²) in [5.74, 6) is 2.68. The molecule has 21 heavy (non-hydrogen) atoms. The van der Waals surface area contributed by atoms with Crippen LogP contribution in [0.5, 0.6) is 5.75 Å². The molecule has 0 spiro atoms. The number of ether oxygens (including phenoxy) is 1. The number of para-hydroxylation sites is 1. The van der Waals surface area contributed by atoms with Gasteiger partial charge in [-0.3, -0.25) is 0 Å². The lowest BCUT2D eigenvalue weighted by Gasteiger charge is -2.04. The molecular formula is C18H25NO2. The van der Waals surface area contributed by atoms with Crippen LogP contribution in [0.4, 0.5) is 0 Å². The van der Waals surface area contributed by atoms with E-state index in [4.69, 9.17) is 9.15 Å². The molecule has 1 N–H and O–H groups in total. The Hall–Kier alpha value is -1.48. The minimum absolute atomic E-state index is 0.686. The third kappa shape index (κ3) is 3.08. The Labute approximate surface area is 126 Å². The molecule has 0 bridgehead atoms. The van der Waals surface area contributed by atoms with Crippen molar-refractivity contribution in [1.82, 2.24) is 5.32 Å². The van der Waals surface area contributed by atoms with Gasteiger partial charge in [-0.15, -0.1) is 0 Å². The first-order valence-corrected chi connectivity index (χ1v) is 8.23. The Morgan fingerprint density at radius 1 is 1.24 bits per heavy atom. The molecule has 0 amide bonds. The predicted octanol–water partition coefficient (Wildman–Crippen LogP) is 4.60. The first-order valence-electron chi connectivity index (χ1n) is 8.23. The minimum Gasteiger partial charge on any atom is -0.490 e. The first-order chi connectivity index (χ1) is 10.3. The van der Waals surface area contributed by atoms with Crippen LogP contribution >= 0.6 is 0 Å². The van der Waals surface area contributed by atoms with Crippen molar-refractivity contribution >= 4 is 11.0 Å². The summed E-state index contributed by atoms with van der Waals surface area (Å²) >= 11 is 0. The zero-order chi connectivity index (χ0) is 14.7. The van der Waals surface area contributed by atoms with Crippen molar-refractivity contribution < 1.29 is 9.15 Å². The molecule has 0 atom stereocenters. The summed E-state index contributed by atoms with van der Waals surface area (Å²) in [4.78, 5) is 0. The highest BCUT2D eigenvalue weighted by Gasteiger charge is 2.31. The maximum Gasteiger partial charge on any atom is 0.176 e. The van der Waals surface area contributed by atoms with Crippen molar-refractivity contribution in [3.63, 3.8) is 0 Å². The summed E-state index contributed by atoms with van der Waals surface area (Å²) < 4.78 is 12.0. The number of nitrogens with one attached hydrogen (secondary N) is 1. The predicted molar refractivity (Wildman–Crippen MR) is 86.0 cm³/mol. The Morgan fingerprint density at radius 3 is 2.81 bits per heavy atom. The molecule has 1 fully saturated rings. The topological polar surface area (TPSA) is 34.4 Å². The maximum atomic E-state index is 6.19. The monoisotopic (exact) mass is 287 g/mol. The third-order valence-corrected chi connectivity index (χ3v) is 3.95. The van der Waals surface area contributed by atoms with Gasteiger partial charge in [0.1, 0.15) is 5.76 Å². The maximum absolute atomic E-state index is 6.19. The van der Waals surface area contributed by atoms with E-state index < -0.39 is 0 Å². The van der Waals surface area contributed by atoms with E-state index in [1.165, 1.54) is 23.8 Å². The van der Waals surface area contributed by atoms with Crippen LogP contribution in [0.2, 0.25) is 0 Å². The molecule has 1 aromatic carbocycles. The average molecular weight is 287 g/mol. The molecule has 1 aliphatic rings. The van der Waals surface area contributed by atoms with E-state index in [1.54, 1.807) is 0 Å². The van der Waals surface area contributed by atoms with Crippen LogP contribution in [-0.2, 0) is 6.54 Å². The van der Waals surface area contributed by atoms with Crippen molar-refractivity contribution in [3.8, 4) is 5.75 Å². The summed E-state index contributed by atoms with van der Waals surface area (Å²) in [6.45, 7) is 6.89. The van der Waals surface area contributed by atoms with Gasteiger partial charge in [-0.2, -0.15) is 0 Å². The van der Waals surface area contributed by atoms with Crippen LogP contribution in [0, 0.1) is 0 Å². The molecule has 1 aliphatic carbocycles. The van der Waals surface area contributed by atoms with Gasteiger partial charge in [0, 0.05) is 10.9 Å². The van der Waals surface area contributed by atoms with E-state index in [1.807, 2.05) is 6.07 Å². The first kappa shape index (κ1) is 14.5. The average Bonchev–Trinajstić information content (AvgIpc) is 3.26. The fraction of sp³-hybridized carbons (Fsp3) is 0.556. The van der Waals surface area contributed by atoms with Gasteiger partial charge in [-0.05, 0) is 44.2 Å². The van der Waals surface area contributed by atoms with Crippen molar-refractivity contribution in [2.75, 3.05) is 13.2 Å². The van der Waals surface area contributed by atoms with Gasteiger partial charge in [0.15, 0.2) is 11.3 Å². The van der Waals surface area contributed by atoms with Crippen molar-refractivity contribution in [1.29, 1.82) is 0 Å². The Kier molecular flexibility index (Phi) is 4.49. The molecule has 0 radical (unpaired) electrons. The van der Waals surface area contributed by atoms with Gasteiger partial charge in [-0.1, -0.05) is 26.0 Å². The SMILES string of the molecule is CCCNCc1oc2c(OCCC)cccc2c1C1CC1. The second-order valence-electron chi connectivity index (χ2n) is 5.87. The van der Waals surface area contributed by atoms with E-state index in [9.17, 15) is 0 Å². The fourth-order valence-corrected chi connectivity index (χ4v) is 2.82. The van der Waals surface area contributed by atoms with Gasteiger partial charge >= 0.3 is 0 Å². The molecule has 0 unspecified atom stereocenters. The molecule has 0 saturated heterocycles. The number of furan rings is 1. The third-order valence-electron chi connectivity index (χ3n) is 3.95. The highest BCUT2D eigenvalue weighted by atomic mass is 16.5. The molecule has 1 aromatic heterocycles. The van der Waals surface area contributed by atoms with Crippen LogP contribution in [-0.4, -0.2) is 13.2 Å². The molecule has 3 rings (SSSR count). The van der Waals surface area contributed by atoms with Gasteiger partial charge < -0.3 is 14.5 Å². The highest BCUT2D eigenvalue weighted by molar-refractivity contribution is 5.88. The van der Waals surface area contributed by atoms with E-state index >= 15 is 0 Å². The number of hydrogen-bond acceptors (Lipinski definition) is 3. The quantitative estimate of drug-likeness (QED) is 0.721. The molecule has 114 valence electrons. The fourth-order valence-electron chi connectivity index (χ4n) is 2.82. The minimum atomic E-state index is 0.686. The molecule has 3 heteroatoms. The van der Waals surface area contributed by atoms with Crippen LogP contribution in [0.3, 0.4) is 0 Å². The number of benzene rings is 1. The van der Waals surface area contributed by atoms with Crippen molar-refractivity contribution in [2.45, 2.75) is 52.0 Å². The zero-order valence-electron chi connectivity index (χ0n) is 13.1. The van der Waals surface area contributed by atoms with Crippen LogP contribution in [0.25, 0.3) is 11.0 Å². The summed E-state index contributed by atoms with van der Waals surface area (Å²) in [6, 6.07) is 6.27. The van der Waals surface area contributed by atoms with Crippen molar-refractivity contribution in [2.24, 2.45) is 0 Å². The lowest BCUT2D eigenvalue weighted by atomic mass is 10.1. The Morgan fingerprint density at radius 2 is 2.10 bits per heavy atom. The smallest absolute Gasteiger partial charge is 0.176 e. The van der Waals surface area contributed by atoms with Gasteiger partial charge in [0.2, 0.25) is 0 Å². The van der Waals surface area contributed by atoms with Crippen molar-refractivity contribution in [3.05, 3.63) is 29.5 Å². The Balaban J connectivity index is 1.95. The van der Waals surface area contributed by atoms with E-state index in [-0.39, 0.29) is 0 Å². The van der Waals surface area contributed by atoms with Crippen LogP contribution < -0.4 is 10.1 Å². The van der Waals surface area contributed by atoms with Gasteiger partial charge in [0.25, 0.3) is 0 Å². The van der Waals surface area contributed by atoms with Crippen LogP contribution in [0.15, 0.2) is 22.6 Å². The standard InChI is InChI=1S/C18H25NO2/c1-3-10-19-12-16-17(13-8-9-13)14-6-5-7-15(18(14)21-16)20-11-4-2/h5-7,13,19H,3-4,8-12H2,1-2H3. The van der Waals surface area contributed by atoms with E-state index in [0.29, 0.717) is 5.92 Å². The second-order valence-corrected chi connectivity index (χ2v) is 5.87. The summed E-state index contributed by atoms with van der Waals surface area (Å²) in [5, 5.41) is 4.71. The van der Waals surface area contributed by atoms with E-state index in [2.05, 4.69) is 31.3 Å². The molecule has 2 aromatic rings. The van der Waals surface area contributed by atoms with Gasteiger partial charge in [-0.25, -0.2) is 0 Å². The summed E-state index contributed by atoms with van der Waals surface area (Å²) in [6.07, 6.45) is 4.73. The second kappa shape index (κ2) is 6.52. The molecule has 1 heterocycles. The molecule has 3 nitrogen and oxygen atoms in total. The lowest BCUT2D eigenvalue weighted by molar-refractivity contribution is 0.315. The molecular weight excluding hydrogens is 262 g/mol. The highest BCUT2D eigenvalue weighted by Crippen LogP contribution is 2.47. The number of fused-ring (bicyclic) bond motifs is 1. The summed E-state index contributed by atoms with van der Waals surface area (Å²) in [5.41, 5.74) is 2.34.